The molecule has 0 saturated carbocycles. The number of alkyl halides is 2. The third-order valence-electron chi connectivity index (χ3n) is 3.44. The zero-order valence-corrected chi connectivity index (χ0v) is 13.9. The number of rotatable bonds is 4. The zero-order chi connectivity index (χ0) is 18.1. The highest BCUT2D eigenvalue weighted by Gasteiger charge is 2.19. The maximum Gasteiger partial charge on any atom is 0.387 e. The van der Waals surface area contributed by atoms with Gasteiger partial charge in [-0.3, -0.25) is 0 Å². The van der Waals surface area contributed by atoms with Gasteiger partial charge in [0.15, 0.2) is 11.3 Å². The van der Waals surface area contributed by atoms with E-state index in [1.54, 1.807) is 19.1 Å². The van der Waals surface area contributed by atoms with Gasteiger partial charge in [-0.25, -0.2) is 14.3 Å². The monoisotopic (exact) mass is 367 g/mol. The SMILES string of the molecule is COC(=O)c1cc(-c2cccc(OC(F)F)c2)nc2c(Cl)c(C)nn12. The minimum atomic E-state index is -2.94. The van der Waals surface area contributed by atoms with Crippen LogP contribution in [0.2, 0.25) is 5.02 Å². The molecule has 0 saturated heterocycles. The number of aryl methyl sites for hydroxylation is 1. The predicted molar refractivity (Wildman–Crippen MR) is 86.1 cm³/mol. The van der Waals surface area contributed by atoms with Crippen LogP contribution in [0.3, 0.4) is 0 Å². The fourth-order valence-corrected chi connectivity index (χ4v) is 2.49. The Morgan fingerprint density at radius 2 is 2.08 bits per heavy atom. The van der Waals surface area contributed by atoms with E-state index >= 15 is 0 Å². The molecule has 0 fully saturated rings. The van der Waals surface area contributed by atoms with E-state index in [4.69, 9.17) is 16.3 Å². The van der Waals surface area contributed by atoms with Crippen LogP contribution < -0.4 is 4.74 Å². The predicted octanol–water partition coefficient (Wildman–Crippen LogP) is 3.75. The minimum absolute atomic E-state index is 0.0235. The number of aromatic nitrogens is 3. The number of nitrogens with zero attached hydrogens (tertiary/aromatic N) is 3. The van der Waals surface area contributed by atoms with Gasteiger partial charge in [0, 0.05) is 5.56 Å². The van der Waals surface area contributed by atoms with Gasteiger partial charge in [-0.1, -0.05) is 23.7 Å². The van der Waals surface area contributed by atoms with Crippen molar-refractivity contribution < 1.29 is 23.0 Å². The average Bonchev–Trinajstić information content (AvgIpc) is 2.88. The Morgan fingerprint density at radius 1 is 1.32 bits per heavy atom. The van der Waals surface area contributed by atoms with E-state index in [1.807, 2.05) is 0 Å². The first-order valence-corrected chi connectivity index (χ1v) is 7.48. The summed E-state index contributed by atoms with van der Waals surface area (Å²) in [6.07, 6.45) is 0. The van der Waals surface area contributed by atoms with Crippen LogP contribution in [0.15, 0.2) is 30.3 Å². The molecular formula is C16H12ClF2N3O3. The summed E-state index contributed by atoms with van der Waals surface area (Å²) < 4.78 is 35.3. The van der Waals surface area contributed by atoms with E-state index in [0.717, 1.165) is 0 Å². The number of hydrogen-bond acceptors (Lipinski definition) is 5. The lowest BCUT2D eigenvalue weighted by atomic mass is 10.1. The van der Waals surface area contributed by atoms with Crippen LogP contribution in [0.4, 0.5) is 8.78 Å². The van der Waals surface area contributed by atoms with Crippen molar-refractivity contribution in [1.82, 2.24) is 14.6 Å². The van der Waals surface area contributed by atoms with Crippen LogP contribution in [0.1, 0.15) is 16.2 Å². The molecule has 2 heterocycles. The molecule has 0 aliphatic rings. The molecule has 3 rings (SSSR count). The van der Waals surface area contributed by atoms with E-state index < -0.39 is 12.6 Å². The molecule has 9 heteroatoms. The van der Waals surface area contributed by atoms with Crippen molar-refractivity contribution >= 4 is 23.2 Å². The molecule has 0 atom stereocenters. The molecule has 6 nitrogen and oxygen atoms in total. The van der Waals surface area contributed by atoms with Crippen molar-refractivity contribution in [3.63, 3.8) is 0 Å². The van der Waals surface area contributed by atoms with Gasteiger partial charge >= 0.3 is 12.6 Å². The van der Waals surface area contributed by atoms with Crippen LogP contribution in [0.25, 0.3) is 16.9 Å². The first kappa shape index (κ1) is 17.1. The van der Waals surface area contributed by atoms with Gasteiger partial charge in [0.05, 0.1) is 18.5 Å². The third kappa shape index (κ3) is 3.25. The quantitative estimate of drug-likeness (QED) is 0.657. The Kier molecular flexibility index (Phi) is 4.54. The molecule has 0 aliphatic carbocycles. The summed E-state index contributed by atoms with van der Waals surface area (Å²) in [5.74, 6) is -0.655. The summed E-state index contributed by atoms with van der Waals surface area (Å²) in [7, 11) is 1.24. The first-order valence-electron chi connectivity index (χ1n) is 7.10. The molecule has 0 N–H and O–H groups in total. The summed E-state index contributed by atoms with van der Waals surface area (Å²) in [6.45, 7) is -1.27. The number of fused-ring (bicyclic) bond motifs is 1. The number of halogens is 3. The van der Waals surface area contributed by atoms with Crippen molar-refractivity contribution in [2.24, 2.45) is 0 Å². The van der Waals surface area contributed by atoms with Crippen LogP contribution in [-0.2, 0) is 4.74 Å². The molecule has 130 valence electrons. The molecule has 25 heavy (non-hydrogen) atoms. The summed E-state index contributed by atoms with van der Waals surface area (Å²) in [5.41, 5.74) is 1.68. The molecule has 0 amide bonds. The van der Waals surface area contributed by atoms with E-state index in [1.165, 1.54) is 29.8 Å². The van der Waals surface area contributed by atoms with Gasteiger partial charge in [0.1, 0.15) is 10.8 Å². The van der Waals surface area contributed by atoms with Crippen molar-refractivity contribution in [2.45, 2.75) is 13.5 Å². The van der Waals surface area contributed by atoms with Crippen LogP contribution in [-0.4, -0.2) is 34.3 Å². The van der Waals surface area contributed by atoms with Gasteiger partial charge in [0.25, 0.3) is 0 Å². The van der Waals surface area contributed by atoms with E-state index in [2.05, 4.69) is 14.8 Å². The molecule has 0 bridgehead atoms. The number of ether oxygens (including phenoxy) is 2. The largest absolute Gasteiger partial charge is 0.464 e. The number of carbonyl (C=O) groups excluding carboxylic acids is 1. The van der Waals surface area contributed by atoms with Crippen LogP contribution in [0.5, 0.6) is 5.75 Å². The molecule has 3 aromatic rings. The summed E-state index contributed by atoms with van der Waals surface area (Å²) >= 11 is 6.20. The molecular weight excluding hydrogens is 356 g/mol. The normalized spacial score (nSPS) is 11.1. The number of esters is 1. The Balaban J connectivity index is 2.20. The second-order valence-electron chi connectivity index (χ2n) is 5.06. The smallest absolute Gasteiger partial charge is 0.387 e. The van der Waals surface area contributed by atoms with Gasteiger partial charge < -0.3 is 9.47 Å². The summed E-state index contributed by atoms with van der Waals surface area (Å²) in [4.78, 5) is 16.4. The van der Waals surface area contributed by atoms with Gasteiger partial charge in [-0.05, 0) is 25.1 Å². The Labute approximate surface area is 145 Å². The molecule has 0 radical (unpaired) electrons. The molecule has 2 aromatic heterocycles. The highest BCUT2D eigenvalue weighted by atomic mass is 35.5. The van der Waals surface area contributed by atoms with Crippen molar-refractivity contribution in [2.75, 3.05) is 7.11 Å². The van der Waals surface area contributed by atoms with Crippen molar-refractivity contribution in [3.8, 4) is 17.0 Å². The van der Waals surface area contributed by atoms with Gasteiger partial charge in [-0.2, -0.15) is 13.9 Å². The maximum absolute atomic E-state index is 12.4. The van der Waals surface area contributed by atoms with Gasteiger partial charge in [0.2, 0.25) is 0 Å². The van der Waals surface area contributed by atoms with Crippen LogP contribution in [0, 0.1) is 6.92 Å². The van der Waals surface area contributed by atoms with Crippen LogP contribution >= 0.6 is 11.6 Å². The number of hydrogen-bond donors (Lipinski definition) is 0. The summed E-state index contributed by atoms with van der Waals surface area (Å²) in [6, 6.07) is 7.42. The fraction of sp³-hybridized carbons (Fsp3) is 0.188. The Bertz CT molecular complexity index is 959. The third-order valence-corrected chi connectivity index (χ3v) is 3.88. The number of carbonyl (C=O) groups is 1. The topological polar surface area (TPSA) is 65.7 Å². The fourth-order valence-electron chi connectivity index (χ4n) is 2.33. The number of benzene rings is 1. The summed E-state index contributed by atoms with van der Waals surface area (Å²) in [5, 5.41) is 4.46. The highest BCUT2D eigenvalue weighted by Crippen LogP contribution is 2.28. The lowest BCUT2D eigenvalue weighted by Crippen LogP contribution is -2.10. The zero-order valence-electron chi connectivity index (χ0n) is 13.2. The highest BCUT2D eigenvalue weighted by molar-refractivity contribution is 6.34. The Morgan fingerprint density at radius 3 is 2.76 bits per heavy atom. The second kappa shape index (κ2) is 6.64. The average molecular weight is 368 g/mol. The van der Waals surface area contributed by atoms with Crippen molar-refractivity contribution in [1.29, 1.82) is 0 Å². The standard InChI is InChI=1S/C16H12ClF2N3O3/c1-8-13(17)14-20-11(7-12(15(23)24-2)22(14)21-8)9-4-3-5-10(6-9)25-16(18)19/h3-7,16H,1-2H3. The first-order chi connectivity index (χ1) is 11.9. The van der Waals surface area contributed by atoms with E-state index in [9.17, 15) is 13.6 Å². The molecule has 1 aromatic carbocycles. The molecule has 0 unspecified atom stereocenters. The molecule has 0 spiro atoms. The van der Waals surface area contributed by atoms with E-state index in [0.29, 0.717) is 17.0 Å². The Hall–Kier alpha value is -2.74. The lowest BCUT2D eigenvalue weighted by molar-refractivity contribution is -0.0498. The number of methoxy groups -OCH3 is 1. The lowest BCUT2D eigenvalue weighted by Gasteiger charge is -2.09. The second-order valence-corrected chi connectivity index (χ2v) is 5.44. The van der Waals surface area contributed by atoms with E-state index in [-0.39, 0.29) is 22.1 Å². The molecule has 0 aliphatic heterocycles. The maximum atomic E-state index is 12.4. The van der Waals surface area contributed by atoms with Gasteiger partial charge in [-0.15, -0.1) is 0 Å². The minimum Gasteiger partial charge on any atom is -0.464 e. The van der Waals surface area contributed by atoms with Crippen molar-refractivity contribution in [3.05, 3.63) is 46.7 Å².